The molecule has 0 amide bonds. The van der Waals surface area contributed by atoms with Crippen LogP contribution in [-0.4, -0.2) is 19.6 Å². The Balaban J connectivity index is 3.76. The van der Waals surface area contributed by atoms with E-state index in [9.17, 15) is 4.79 Å². The van der Waals surface area contributed by atoms with Crippen molar-refractivity contribution in [3.63, 3.8) is 0 Å². The highest BCUT2D eigenvalue weighted by molar-refractivity contribution is 5.69. The molecular weight excluding hydrogens is 130 g/mol. The second kappa shape index (κ2) is 3.56. The van der Waals surface area contributed by atoms with Crippen molar-refractivity contribution in [2.75, 3.05) is 13.7 Å². The van der Waals surface area contributed by atoms with E-state index in [0.717, 1.165) is 0 Å². The Morgan fingerprint density at radius 3 is 2.40 bits per heavy atom. The summed E-state index contributed by atoms with van der Waals surface area (Å²) in [6, 6.07) is 0. The van der Waals surface area contributed by atoms with Gasteiger partial charge < -0.3 is 10.5 Å². The molecule has 0 atom stereocenters. The lowest BCUT2D eigenvalue weighted by atomic mass is 9.90. The van der Waals surface area contributed by atoms with Crippen molar-refractivity contribution in [1.29, 1.82) is 0 Å². The zero-order valence-corrected chi connectivity index (χ0v) is 6.81. The average Bonchev–Trinajstić information content (AvgIpc) is 1.87. The summed E-state index contributed by atoms with van der Waals surface area (Å²) >= 11 is 0. The third-order valence-electron chi connectivity index (χ3n) is 1.40. The van der Waals surface area contributed by atoms with Crippen LogP contribution in [0.1, 0.15) is 20.3 Å². The Morgan fingerprint density at radius 2 is 2.10 bits per heavy atom. The highest BCUT2D eigenvalue weighted by Crippen LogP contribution is 2.17. The van der Waals surface area contributed by atoms with Crippen molar-refractivity contribution in [3.05, 3.63) is 0 Å². The molecule has 0 saturated carbocycles. The molecule has 0 aliphatic carbocycles. The van der Waals surface area contributed by atoms with E-state index in [0.29, 0.717) is 13.0 Å². The molecule has 0 rings (SSSR count). The number of nitrogens with two attached hydrogens (primary N) is 1. The van der Waals surface area contributed by atoms with Gasteiger partial charge in [-0.05, 0) is 12.0 Å². The number of esters is 1. The first-order valence-electron chi connectivity index (χ1n) is 3.29. The third-order valence-corrected chi connectivity index (χ3v) is 1.40. The van der Waals surface area contributed by atoms with Gasteiger partial charge in [0.1, 0.15) is 0 Å². The SMILES string of the molecule is COC(=O)CC(C)(C)CN. The summed E-state index contributed by atoms with van der Waals surface area (Å²) in [4.78, 5) is 10.7. The molecule has 0 spiro atoms. The van der Waals surface area contributed by atoms with Crippen LogP contribution < -0.4 is 5.73 Å². The van der Waals surface area contributed by atoms with Gasteiger partial charge in [-0.1, -0.05) is 13.8 Å². The van der Waals surface area contributed by atoms with Crippen molar-refractivity contribution >= 4 is 5.97 Å². The van der Waals surface area contributed by atoms with E-state index in [1.165, 1.54) is 7.11 Å². The largest absolute Gasteiger partial charge is 0.469 e. The Hall–Kier alpha value is -0.570. The average molecular weight is 145 g/mol. The molecule has 0 aromatic carbocycles. The maximum atomic E-state index is 10.7. The molecule has 0 radical (unpaired) electrons. The predicted octanol–water partition coefficient (Wildman–Crippen LogP) is 0.534. The number of methoxy groups -OCH3 is 1. The van der Waals surface area contributed by atoms with Crippen molar-refractivity contribution in [2.45, 2.75) is 20.3 Å². The molecule has 0 unspecified atom stereocenters. The van der Waals surface area contributed by atoms with Crippen molar-refractivity contribution < 1.29 is 9.53 Å². The number of rotatable bonds is 3. The van der Waals surface area contributed by atoms with Gasteiger partial charge in [0, 0.05) is 0 Å². The topological polar surface area (TPSA) is 52.3 Å². The van der Waals surface area contributed by atoms with Crippen LogP contribution in [0, 0.1) is 5.41 Å². The Bertz CT molecular complexity index is 121. The minimum atomic E-state index is -0.199. The van der Waals surface area contributed by atoms with Gasteiger partial charge in [-0.3, -0.25) is 4.79 Å². The Labute approximate surface area is 61.5 Å². The second-order valence-corrected chi connectivity index (χ2v) is 3.12. The highest BCUT2D eigenvalue weighted by atomic mass is 16.5. The zero-order chi connectivity index (χ0) is 8.20. The first-order chi connectivity index (χ1) is 4.52. The normalized spacial score (nSPS) is 11.2. The van der Waals surface area contributed by atoms with Crippen LogP contribution in [0.2, 0.25) is 0 Å². The molecule has 0 fully saturated rings. The second-order valence-electron chi connectivity index (χ2n) is 3.12. The number of hydrogen-bond acceptors (Lipinski definition) is 3. The maximum absolute atomic E-state index is 10.7. The summed E-state index contributed by atoms with van der Waals surface area (Å²) in [7, 11) is 1.38. The molecule has 0 saturated heterocycles. The summed E-state index contributed by atoms with van der Waals surface area (Å²) < 4.78 is 4.49. The predicted molar refractivity (Wildman–Crippen MR) is 39.5 cm³/mol. The van der Waals surface area contributed by atoms with Gasteiger partial charge in [-0.15, -0.1) is 0 Å². The Morgan fingerprint density at radius 1 is 1.60 bits per heavy atom. The van der Waals surface area contributed by atoms with Crippen LogP contribution in [0.3, 0.4) is 0 Å². The smallest absolute Gasteiger partial charge is 0.306 e. The minimum absolute atomic E-state index is 0.132. The molecule has 10 heavy (non-hydrogen) atoms. The van der Waals surface area contributed by atoms with Crippen LogP contribution in [0.25, 0.3) is 0 Å². The lowest BCUT2D eigenvalue weighted by Gasteiger charge is -2.19. The van der Waals surface area contributed by atoms with Gasteiger partial charge in [0.15, 0.2) is 0 Å². The van der Waals surface area contributed by atoms with E-state index >= 15 is 0 Å². The molecule has 0 aromatic rings. The van der Waals surface area contributed by atoms with E-state index in [1.54, 1.807) is 0 Å². The lowest BCUT2D eigenvalue weighted by Crippen LogP contribution is -2.27. The first-order valence-corrected chi connectivity index (χ1v) is 3.29. The van der Waals surface area contributed by atoms with Crippen LogP contribution in [0.15, 0.2) is 0 Å². The molecule has 3 heteroatoms. The summed E-state index contributed by atoms with van der Waals surface area (Å²) in [5.41, 5.74) is 5.27. The first kappa shape index (κ1) is 9.43. The molecule has 0 heterocycles. The monoisotopic (exact) mass is 145 g/mol. The fourth-order valence-electron chi connectivity index (χ4n) is 0.535. The molecule has 0 aliphatic heterocycles. The fourth-order valence-corrected chi connectivity index (χ4v) is 0.535. The third kappa shape index (κ3) is 3.45. The van der Waals surface area contributed by atoms with E-state index in [4.69, 9.17) is 5.73 Å². The standard InChI is InChI=1S/C7H15NO2/c1-7(2,5-8)4-6(9)10-3/h4-5,8H2,1-3H3. The molecule has 0 bridgehead atoms. The summed E-state index contributed by atoms with van der Waals surface area (Å²) in [5.74, 6) is -0.199. The van der Waals surface area contributed by atoms with Gasteiger partial charge in [-0.25, -0.2) is 0 Å². The van der Waals surface area contributed by atoms with Crippen LogP contribution in [-0.2, 0) is 9.53 Å². The number of ether oxygens (including phenoxy) is 1. The van der Waals surface area contributed by atoms with Crippen LogP contribution in [0.4, 0.5) is 0 Å². The Kier molecular flexibility index (Phi) is 3.36. The molecule has 2 N–H and O–H groups in total. The van der Waals surface area contributed by atoms with Gasteiger partial charge in [0.25, 0.3) is 0 Å². The minimum Gasteiger partial charge on any atom is -0.469 e. The number of hydrogen-bond donors (Lipinski definition) is 1. The van der Waals surface area contributed by atoms with E-state index < -0.39 is 0 Å². The maximum Gasteiger partial charge on any atom is 0.306 e. The molecular formula is C7H15NO2. The number of carbonyl (C=O) groups is 1. The van der Waals surface area contributed by atoms with E-state index in [1.807, 2.05) is 13.8 Å². The summed E-state index contributed by atoms with van der Waals surface area (Å²) in [6.45, 7) is 4.37. The van der Waals surface area contributed by atoms with E-state index in [-0.39, 0.29) is 11.4 Å². The summed E-state index contributed by atoms with van der Waals surface area (Å²) in [6.07, 6.45) is 0.389. The van der Waals surface area contributed by atoms with Gasteiger partial charge in [-0.2, -0.15) is 0 Å². The molecule has 60 valence electrons. The quantitative estimate of drug-likeness (QED) is 0.589. The van der Waals surface area contributed by atoms with Gasteiger partial charge >= 0.3 is 5.97 Å². The van der Waals surface area contributed by atoms with E-state index in [2.05, 4.69) is 4.74 Å². The zero-order valence-electron chi connectivity index (χ0n) is 6.81. The number of carbonyl (C=O) groups excluding carboxylic acids is 1. The molecule has 0 aliphatic rings. The highest BCUT2D eigenvalue weighted by Gasteiger charge is 2.19. The lowest BCUT2D eigenvalue weighted by molar-refractivity contribution is -0.142. The molecule has 0 aromatic heterocycles. The van der Waals surface area contributed by atoms with Crippen LogP contribution in [0.5, 0.6) is 0 Å². The van der Waals surface area contributed by atoms with Crippen LogP contribution >= 0.6 is 0 Å². The van der Waals surface area contributed by atoms with Gasteiger partial charge in [0.05, 0.1) is 13.5 Å². The van der Waals surface area contributed by atoms with Gasteiger partial charge in [0.2, 0.25) is 0 Å². The molecule has 3 nitrogen and oxygen atoms in total. The van der Waals surface area contributed by atoms with Crippen molar-refractivity contribution in [3.8, 4) is 0 Å². The van der Waals surface area contributed by atoms with Crippen molar-refractivity contribution in [2.24, 2.45) is 11.1 Å². The fraction of sp³-hybridized carbons (Fsp3) is 0.857. The van der Waals surface area contributed by atoms with Crippen molar-refractivity contribution in [1.82, 2.24) is 0 Å². The summed E-state index contributed by atoms with van der Waals surface area (Å²) in [5, 5.41) is 0.